The van der Waals surface area contributed by atoms with E-state index in [2.05, 4.69) is 0 Å². The van der Waals surface area contributed by atoms with Gasteiger partial charge in [0.05, 0.1) is 12.9 Å². The minimum Gasteiger partial charge on any atom is -0.356 e. The molecule has 0 radical (unpaired) electrons. The molecule has 1 saturated heterocycles. The van der Waals surface area contributed by atoms with E-state index in [0.717, 1.165) is 22.9 Å². The van der Waals surface area contributed by atoms with Crippen molar-refractivity contribution in [1.82, 2.24) is 0 Å². The van der Waals surface area contributed by atoms with Gasteiger partial charge in [-0.05, 0) is 30.5 Å². The van der Waals surface area contributed by atoms with Crippen LogP contribution in [0.4, 0.5) is 4.39 Å². The van der Waals surface area contributed by atoms with Gasteiger partial charge in [0, 0.05) is 5.57 Å². The van der Waals surface area contributed by atoms with Crippen LogP contribution in [0.3, 0.4) is 0 Å². The average Bonchev–Trinajstić information content (AvgIpc) is 3.31. The third-order valence-electron chi connectivity index (χ3n) is 6.59. The summed E-state index contributed by atoms with van der Waals surface area (Å²) in [7, 11) is -3.96. The summed E-state index contributed by atoms with van der Waals surface area (Å²) in [5.41, 5.74) is 1.65. The van der Waals surface area contributed by atoms with Crippen LogP contribution in [-0.4, -0.2) is 45.4 Å². The molecule has 0 amide bonds. The summed E-state index contributed by atoms with van der Waals surface area (Å²) in [5.74, 6) is -1.80. The van der Waals surface area contributed by atoms with Crippen LogP contribution in [0.25, 0.3) is 0 Å². The Hall–Kier alpha value is -2.88. The van der Waals surface area contributed by atoms with Gasteiger partial charge in [0.1, 0.15) is 23.6 Å². The molecule has 37 heavy (non-hydrogen) atoms. The van der Waals surface area contributed by atoms with Crippen molar-refractivity contribution in [3.63, 3.8) is 0 Å². The van der Waals surface area contributed by atoms with Gasteiger partial charge in [0.25, 0.3) is 10.1 Å². The largest absolute Gasteiger partial charge is 0.356 e. The summed E-state index contributed by atoms with van der Waals surface area (Å²) >= 11 is 0. The smallest absolute Gasteiger partial charge is 0.265 e. The molecule has 6 nitrogen and oxygen atoms in total. The van der Waals surface area contributed by atoms with Crippen LogP contribution in [0.2, 0.25) is 0 Å². The second kappa shape index (κ2) is 9.78. The molecule has 0 N–H and O–H groups in total. The molecule has 0 saturated carbocycles. The topological polar surface area (TPSA) is 71.1 Å². The van der Waals surface area contributed by atoms with Crippen LogP contribution in [0.1, 0.15) is 30.5 Å². The van der Waals surface area contributed by atoms with E-state index in [0.29, 0.717) is 0 Å². The molecule has 3 aromatic rings. The van der Waals surface area contributed by atoms with Crippen molar-refractivity contribution in [2.75, 3.05) is 12.9 Å². The summed E-state index contributed by atoms with van der Waals surface area (Å²) in [5, 5.41) is 0. The Bertz CT molecular complexity index is 1280. The van der Waals surface area contributed by atoms with E-state index in [-0.39, 0.29) is 12.2 Å². The van der Waals surface area contributed by atoms with E-state index in [1.54, 1.807) is 13.8 Å². The number of hydrogen-bond acceptors (Lipinski definition) is 6. The first kappa shape index (κ1) is 25.8. The van der Waals surface area contributed by atoms with Crippen molar-refractivity contribution in [1.29, 1.82) is 0 Å². The molecule has 194 valence electrons. The van der Waals surface area contributed by atoms with Gasteiger partial charge in [0.15, 0.2) is 11.9 Å². The number of benzene rings is 3. The van der Waals surface area contributed by atoms with E-state index in [1.807, 2.05) is 91.0 Å². The van der Waals surface area contributed by atoms with E-state index >= 15 is 4.39 Å². The van der Waals surface area contributed by atoms with Crippen LogP contribution in [0.15, 0.2) is 102 Å². The van der Waals surface area contributed by atoms with Gasteiger partial charge < -0.3 is 14.2 Å². The zero-order valence-electron chi connectivity index (χ0n) is 20.8. The minimum atomic E-state index is -3.96. The van der Waals surface area contributed by atoms with Gasteiger partial charge >= 0.3 is 0 Å². The Labute approximate surface area is 216 Å². The van der Waals surface area contributed by atoms with Crippen molar-refractivity contribution < 1.29 is 31.2 Å². The predicted octanol–water partition coefficient (Wildman–Crippen LogP) is 5.10. The highest BCUT2D eigenvalue weighted by atomic mass is 32.2. The third-order valence-corrected chi connectivity index (χ3v) is 7.15. The van der Waals surface area contributed by atoms with Crippen LogP contribution in [0.5, 0.6) is 0 Å². The maximum absolute atomic E-state index is 15.8. The van der Waals surface area contributed by atoms with E-state index in [1.165, 1.54) is 0 Å². The molecule has 2 aliphatic rings. The lowest BCUT2D eigenvalue weighted by Gasteiger charge is -2.36. The van der Waals surface area contributed by atoms with Crippen molar-refractivity contribution in [3.05, 3.63) is 119 Å². The highest BCUT2D eigenvalue weighted by molar-refractivity contribution is 7.86. The quantitative estimate of drug-likeness (QED) is 0.302. The van der Waals surface area contributed by atoms with Crippen molar-refractivity contribution in [2.45, 2.75) is 43.5 Å². The molecule has 1 aliphatic carbocycles. The highest BCUT2D eigenvalue weighted by Gasteiger charge is 2.56. The lowest BCUT2D eigenvalue weighted by atomic mass is 9.80. The fourth-order valence-corrected chi connectivity index (χ4v) is 5.70. The van der Waals surface area contributed by atoms with E-state index < -0.39 is 45.6 Å². The van der Waals surface area contributed by atoms with Gasteiger partial charge in [-0.2, -0.15) is 8.42 Å². The molecule has 0 spiro atoms. The van der Waals surface area contributed by atoms with Gasteiger partial charge in [0.2, 0.25) is 0 Å². The fourth-order valence-electron chi connectivity index (χ4n) is 5.13. The standard InChI is InChI=1S/C29H29FO6S/c1-28(2)34-25-23(24(30)26(27(25)35-28)36-37(3,31)32)19-33-29(20-13-7-4-8-14-20,21-15-9-5-10-16-21)22-17-11-6-12-18-22/h4-18,25-27H,19H2,1-3H3/t25-,26+,27+/m1/s1. The fraction of sp³-hybridized carbons (Fsp3) is 0.310. The first-order valence-corrected chi connectivity index (χ1v) is 13.9. The Balaban J connectivity index is 1.61. The summed E-state index contributed by atoms with van der Waals surface area (Å²) in [4.78, 5) is 0. The second-order valence-electron chi connectivity index (χ2n) is 9.68. The van der Waals surface area contributed by atoms with Crippen molar-refractivity contribution >= 4 is 10.1 Å². The molecular weight excluding hydrogens is 495 g/mol. The second-order valence-corrected chi connectivity index (χ2v) is 11.3. The summed E-state index contributed by atoms with van der Waals surface area (Å²) in [6, 6.07) is 29.1. The zero-order chi connectivity index (χ0) is 26.3. The Kier molecular flexibility index (Phi) is 6.81. The third kappa shape index (κ3) is 5.00. The zero-order valence-corrected chi connectivity index (χ0v) is 21.7. The van der Waals surface area contributed by atoms with Crippen molar-refractivity contribution in [3.8, 4) is 0 Å². The van der Waals surface area contributed by atoms with Crippen LogP contribution >= 0.6 is 0 Å². The van der Waals surface area contributed by atoms with Crippen LogP contribution < -0.4 is 0 Å². The molecule has 8 heteroatoms. The van der Waals surface area contributed by atoms with Gasteiger partial charge in [-0.3, -0.25) is 4.18 Å². The number of rotatable bonds is 8. The maximum atomic E-state index is 15.8. The number of ether oxygens (including phenoxy) is 3. The number of fused-ring (bicyclic) bond motifs is 1. The molecule has 0 unspecified atom stereocenters. The lowest BCUT2D eigenvalue weighted by Crippen LogP contribution is -2.35. The molecule has 1 fully saturated rings. The molecule has 1 heterocycles. The summed E-state index contributed by atoms with van der Waals surface area (Å²) in [6.45, 7) is 3.21. The Morgan fingerprint density at radius 3 is 1.73 bits per heavy atom. The van der Waals surface area contributed by atoms with E-state index in [4.69, 9.17) is 18.4 Å². The Morgan fingerprint density at radius 2 is 1.30 bits per heavy atom. The van der Waals surface area contributed by atoms with Crippen LogP contribution in [0, 0.1) is 0 Å². The molecule has 0 aromatic heterocycles. The first-order chi connectivity index (χ1) is 17.6. The van der Waals surface area contributed by atoms with Gasteiger partial charge in [-0.25, -0.2) is 4.39 Å². The summed E-state index contributed by atoms with van der Waals surface area (Å²) in [6.07, 6.45) is -2.37. The molecule has 0 bridgehead atoms. The molecule has 3 aromatic carbocycles. The molecular formula is C29H29FO6S. The lowest BCUT2D eigenvalue weighted by molar-refractivity contribution is -0.154. The first-order valence-electron chi connectivity index (χ1n) is 12.0. The summed E-state index contributed by atoms with van der Waals surface area (Å²) < 4.78 is 63.4. The SMILES string of the molecule is CC1(C)O[C@H]2[C@H](O1)C(COC(c1ccccc1)(c1ccccc1)c1ccccc1)=C(F)[C@@H]2OS(C)(=O)=O. The predicted molar refractivity (Wildman–Crippen MR) is 137 cm³/mol. The monoisotopic (exact) mass is 524 g/mol. The Morgan fingerprint density at radius 1 is 0.838 bits per heavy atom. The average molecular weight is 525 g/mol. The van der Waals surface area contributed by atoms with Crippen LogP contribution in [-0.2, 0) is 34.1 Å². The molecule has 5 rings (SSSR count). The maximum Gasteiger partial charge on any atom is 0.265 e. The van der Waals surface area contributed by atoms with Gasteiger partial charge in [-0.15, -0.1) is 0 Å². The van der Waals surface area contributed by atoms with Crippen molar-refractivity contribution in [2.24, 2.45) is 0 Å². The normalized spacial score (nSPS) is 23.3. The van der Waals surface area contributed by atoms with E-state index in [9.17, 15) is 8.42 Å². The minimum absolute atomic E-state index is 0.163. The molecule has 3 atom stereocenters. The molecule has 1 aliphatic heterocycles. The highest BCUT2D eigenvalue weighted by Crippen LogP contribution is 2.46. The number of halogens is 1. The van der Waals surface area contributed by atoms with Gasteiger partial charge in [-0.1, -0.05) is 91.0 Å². The number of hydrogen-bond donors (Lipinski definition) is 0.